The van der Waals surface area contributed by atoms with Crippen LogP contribution in [0.2, 0.25) is 0 Å². The Bertz CT molecular complexity index is 284. The average Bonchev–Trinajstić information content (AvgIpc) is 2.14. The van der Waals surface area contributed by atoms with Crippen LogP contribution in [-0.4, -0.2) is 35.0 Å². The van der Waals surface area contributed by atoms with E-state index in [0.717, 1.165) is 6.42 Å². The summed E-state index contributed by atoms with van der Waals surface area (Å²) < 4.78 is 0. The Labute approximate surface area is 104 Å². The van der Waals surface area contributed by atoms with Gasteiger partial charge in [-0.2, -0.15) is 0 Å². The maximum absolute atomic E-state index is 11.9. The van der Waals surface area contributed by atoms with E-state index >= 15 is 0 Å². The highest BCUT2D eigenvalue weighted by molar-refractivity contribution is 5.84. The van der Waals surface area contributed by atoms with Gasteiger partial charge in [0.15, 0.2) is 0 Å². The Morgan fingerprint density at radius 2 is 1.71 bits per heavy atom. The molecule has 0 aliphatic heterocycles. The zero-order valence-corrected chi connectivity index (χ0v) is 11.8. The number of hydrogen-bond acceptors (Lipinski definition) is 2. The summed E-state index contributed by atoms with van der Waals surface area (Å²) in [5.74, 6) is -0.519. The van der Waals surface area contributed by atoms with Gasteiger partial charge >= 0.3 is 5.97 Å². The van der Waals surface area contributed by atoms with Gasteiger partial charge in [-0.15, -0.1) is 0 Å². The van der Waals surface area contributed by atoms with E-state index in [0.29, 0.717) is 5.92 Å². The number of aliphatic carboxylic acids is 1. The van der Waals surface area contributed by atoms with Crippen LogP contribution in [0.5, 0.6) is 0 Å². The van der Waals surface area contributed by atoms with Crippen LogP contribution in [0.4, 0.5) is 0 Å². The molecule has 0 rings (SSSR count). The lowest BCUT2D eigenvalue weighted by atomic mass is 9.88. The topological polar surface area (TPSA) is 57.6 Å². The summed E-state index contributed by atoms with van der Waals surface area (Å²) in [6.07, 6.45) is 0.969. The number of carbonyl (C=O) groups excluding carboxylic acids is 1. The lowest BCUT2D eigenvalue weighted by Gasteiger charge is -2.29. The summed E-state index contributed by atoms with van der Waals surface area (Å²) in [6.45, 7) is 9.36. The molecule has 0 bridgehead atoms. The molecule has 0 heterocycles. The summed E-state index contributed by atoms with van der Waals surface area (Å²) in [4.78, 5) is 24.6. The standard InChI is InChI=1S/C13H25NO3/c1-9(2)7-10(3)14(6)11(15)8-13(4,5)12(16)17/h9-10H,7-8H2,1-6H3,(H,16,17). The molecule has 17 heavy (non-hydrogen) atoms. The van der Waals surface area contributed by atoms with E-state index in [1.54, 1.807) is 25.8 Å². The predicted molar refractivity (Wildman–Crippen MR) is 67.7 cm³/mol. The van der Waals surface area contributed by atoms with Crippen molar-refractivity contribution in [2.24, 2.45) is 11.3 Å². The molecule has 0 aromatic heterocycles. The lowest BCUT2D eigenvalue weighted by Crippen LogP contribution is -2.39. The predicted octanol–water partition coefficient (Wildman–Crippen LogP) is 2.38. The minimum atomic E-state index is -0.997. The van der Waals surface area contributed by atoms with Crippen LogP contribution in [-0.2, 0) is 9.59 Å². The molecule has 0 saturated carbocycles. The molecule has 0 spiro atoms. The van der Waals surface area contributed by atoms with Gasteiger partial charge in [0.25, 0.3) is 0 Å². The van der Waals surface area contributed by atoms with E-state index in [1.807, 2.05) is 6.92 Å². The highest BCUT2D eigenvalue weighted by Crippen LogP contribution is 2.22. The molecular formula is C13H25NO3. The van der Waals surface area contributed by atoms with Crippen molar-refractivity contribution in [2.75, 3.05) is 7.05 Å². The Balaban J connectivity index is 4.46. The molecule has 0 aliphatic carbocycles. The smallest absolute Gasteiger partial charge is 0.309 e. The second-order valence-electron chi connectivity index (χ2n) is 5.85. The maximum Gasteiger partial charge on any atom is 0.309 e. The van der Waals surface area contributed by atoms with E-state index in [9.17, 15) is 9.59 Å². The van der Waals surface area contributed by atoms with Crippen LogP contribution >= 0.6 is 0 Å². The van der Waals surface area contributed by atoms with Crippen LogP contribution in [0, 0.1) is 11.3 Å². The molecule has 100 valence electrons. The third-order valence-electron chi connectivity index (χ3n) is 3.04. The van der Waals surface area contributed by atoms with E-state index < -0.39 is 11.4 Å². The van der Waals surface area contributed by atoms with Gasteiger partial charge < -0.3 is 10.0 Å². The largest absolute Gasteiger partial charge is 0.481 e. The van der Waals surface area contributed by atoms with Gasteiger partial charge in [0, 0.05) is 19.5 Å². The molecule has 4 nitrogen and oxygen atoms in total. The normalized spacial score (nSPS) is 13.6. The van der Waals surface area contributed by atoms with Gasteiger partial charge in [0.2, 0.25) is 5.91 Å². The van der Waals surface area contributed by atoms with E-state index in [-0.39, 0.29) is 18.4 Å². The third kappa shape index (κ3) is 5.20. The first kappa shape index (κ1) is 15.9. The van der Waals surface area contributed by atoms with Crippen molar-refractivity contribution in [1.29, 1.82) is 0 Å². The second kappa shape index (κ2) is 6.03. The fourth-order valence-electron chi connectivity index (χ4n) is 1.66. The zero-order chi connectivity index (χ0) is 13.8. The lowest BCUT2D eigenvalue weighted by molar-refractivity contribution is -0.151. The third-order valence-corrected chi connectivity index (χ3v) is 3.04. The van der Waals surface area contributed by atoms with Crippen molar-refractivity contribution >= 4 is 11.9 Å². The molecule has 0 fully saturated rings. The number of carbonyl (C=O) groups is 2. The van der Waals surface area contributed by atoms with Crippen LogP contribution < -0.4 is 0 Å². The van der Waals surface area contributed by atoms with Gasteiger partial charge in [-0.1, -0.05) is 13.8 Å². The molecule has 0 radical (unpaired) electrons. The highest BCUT2D eigenvalue weighted by Gasteiger charge is 2.32. The van der Waals surface area contributed by atoms with Crippen LogP contribution in [0.15, 0.2) is 0 Å². The van der Waals surface area contributed by atoms with Gasteiger partial charge in [-0.05, 0) is 33.1 Å². The molecule has 1 amide bonds. The first-order chi connectivity index (χ1) is 7.58. The first-order valence-corrected chi connectivity index (χ1v) is 6.07. The number of carboxylic acid groups (broad SMARTS) is 1. The Morgan fingerprint density at radius 1 is 1.24 bits per heavy atom. The Kier molecular flexibility index (Phi) is 5.66. The molecule has 1 unspecified atom stereocenters. The van der Waals surface area contributed by atoms with Crippen LogP contribution in [0.25, 0.3) is 0 Å². The van der Waals surface area contributed by atoms with Crippen LogP contribution in [0.3, 0.4) is 0 Å². The monoisotopic (exact) mass is 243 g/mol. The summed E-state index contributed by atoms with van der Waals surface area (Å²) in [7, 11) is 1.74. The van der Waals surface area contributed by atoms with Crippen molar-refractivity contribution in [3.05, 3.63) is 0 Å². The van der Waals surface area contributed by atoms with Crippen molar-refractivity contribution in [3.63, 3.8) is 0 Å². The van der Waals surface area contributed by atoms with Crippen molar-refractivity contribution in [2.45, 2.75) is 53.5 Å². The van der Waals surface area contributed by atoms with Crippen molar-refractivity contribution in [1.82, 2.24) is 4.90 Å². The molecule has 0 aromatic rings. The van der Waals surface area contributed by atoms with Crippen molar-refractivity contribution < 1.29 is 14.7 Å². The summed E-state index contributed by atoms with van der Waals surface area (Å²) in [5.41, 5.74) is -0.997. The fourth-order valence-corrected chi connectivity index (χ4v) is 1.66. The second-order valence-corrected chi connectivity index (χ2v) is 5.85. The van der Waals surface area contributed by atoms with E-state index in [1.165, 1.54) is 0 Å². The van der Waals surface area contributed by atoms with E-state index in [4.69, 9.17) is 5.11 Å². The number of rotatable bonds is 6. The molecule has 1 atom stereocenters. The summed E-state index contributed by atoms with van der Waals surface area (Å²) in [6, 6.07) is 0.145. The van der Waals surface area contributed by atoms with E-state index in [2.05, 4.69) is 13.8 Å². The number of hydrogen-bond donors (Lipinski definition) is 1. The molecule has 1 N–H and O–H groups in total. The van der Waals surface area contributed by atoms with Gasteiger partial charge in [-0.3, -0.25) is 9.59 Å². The maximum atomic E-state index is 11.9. The highest BCUT2D eigenvalue weighted by atomic mass is 16.4. The molecule has 0 aliphatic rings. The minimum Gasteiger partial charge on any atom is -0.481 e. The number of amides is 1. The fraction of sp³-hybridized carbons (Fsp3) is 0.846. The Morgan fingerprint density at radius 3 is 2.06 bits per heavy atom. The minimum absolute atomic E-state index is 0.0429. The molecule has 0 aromatic carbocycles. The van der Waals surface area contributed by atoms with Crippen molar-refractivity contribution in [3.8, 4) is 0 Å². The summed E-state index contributed by atoms with van der Waals surface area (Å²) >= 11 is 0. The zero-order valence-electron chi connectivity index (χ0n) is 11.8. The van der Waals surface area contributed by atoms with Gasteiger partial charge in [-0.25, -0.2) is 0 Å². The van der Waals surface area contributed by atoms with Gasteiger partial charge in [0.05, 0.1) is 5.41 Å². The molecular weight excluding hydrogens is 218 g/mol. The average molecular weight is 243 g/mol. The SMILES string of the molecule is CC(C)CC(C)N(C)C(=O)CC(C)(C)C(=O)O. The quantitative estimate of drug-likeness (QED) is 0.779. The molecule has 0 saturated heterocycles. The number of carboxylic acids is 1. The Hall–Kier alpha value is -1.06. The summed E-state index contributed by atoms with van der Waals surface area (Å²) in [5, 5.41) is 8.99. The van der Waals surface area contributed by atoms with Gasteiger partial charge in [0.1, 0.15) is 0 Å². The molecule has 4 heteroatoms. The first-order valence-electron chi connectivity index (χ1n) is 6.07. The number of nitrogens with zero attached hydrogens (tertiary/aromatic N) is 1. The van der Waals surface area contributed by atoms with Crippen LogP contribution in [0.1, 0.15) is 47.5 Å².